The van der Waals surface area contributed by atoms with Crippen LogP contribution in [0, 0.1) is 6.92 Å². The molecule has 1 unspecified atom stereocenters. The third-order valence-electron chi connectivity index (χ3n) is 3.66. The monoisotopic (exact) mass is 285 g/mol. The SMILES string of the molecule is Cc1ccc(-n2cc(C(=O)NC3CCCNC3)nn2)cc1. The fourth-order valence-electron chi connectivity index (χ4n) is 2.43. The summed E-state index contributed by atoms with van der Waals surface area (Å²) < 4.78 is 1.62. The number of aromatic nitrogens is 3. The molecule has 110 valence electrons. The first-order chi connectivity index (χ1) is 10.2. The zero-order chi connectivity index (χ0) is 14.7. The number of nitrogens with one attached hydrogen (secondary N) is 2. The molecule has 6 heteroatoms. The third-order valence-corrected chi connectivity index (χ3v) is 3.66. The van der Waals surface area contributed by atoms with Crippen LogP contribution in [0.4, 0.5) is 0 Å². The maximum absolute atomic E-state index is 12.2. The van der Waals surface area contributed by atoms with Crippen LogP contribution in [0.5, 0.6) is 0 Å². The average molecular weight is 285 g/mol. The number of hydrogen-bond acceptors (Lipinski definition) is 4. The normalized spacial score (nSPS) is 18.4. The number of rotatable bonds is 3. The molecule has 1 aromatic carbocycles. The van der Waals surface area contributed by atoms with Gasteiger partial charge >= 0.3 is 0 Å². The van der Waals surface area contributed by atoms with Gasteiger partial charge in [0, 0.05) is 12.6 Å². The van der Waals surface area contributed by atoms with Crippen molar-refractivity contribution in [3.8, 4) is 5.69 Å². The predicted molar refractivity (Wildman–Crippen MR) is 79.5 cm³/mol. The molecule has 0 bridgehead atoms. The summed E-state index contributed by atoms with van der Waals surface area (Å²) in [5.74, 6) is -0.165. The molecule has 2 heterocycles. The molecule has 1 aliphatic heterocycles. The standard InChI is InChI=1S/C15H19N5O/c1-11-4-6-13(7-5-11)20-10-14(18-19-20)15(21)17-12-3-2-8-16-9-12/h4-7,10,12,16H,2-3,8-9H2,1H3,(H,17,21). The highest BCUT2D eigenvalue weighted by Gasteiger charge is 2.18. The van der Waals surface area contributed by atoms with E-state index in [1.807, 2.05) is 31.2 Å². The molecule has 0 aliphatic carbocycles. The summed E-state index contributed by atoms with van der Waals surface area (Å²) in [7, 11) is 0. The number of aryl methyl sites for hydroxylation is 1. The molecule has 0 radical (unpaired) electrons. The van der Waals surface area contributed by atoms with Gasteiger partial charge < -0.3 is 10.6 Å². The van der Waals surface area contributed by atoms with Crippen LogP contribution in [0.3, 0.4) is 0 Å². The number of amides is 1. The molecule has 3 rings (SSSR count). The van der Waals surface area contributed by atoms with E-state index >= 15 is 0 Å². The fourth-order valence-corrected chi connectivity index (χ4v) is 2.43. The summed E-state index contributed by atoms with van der Waals surface area (Å²) in [5.41, 5.74) is 2.43. The lowest BCUT2D eigenvalue weighted by molar-refractivity contribution is 0.0925. The van der Waals surface area contributed by atoms with Gasteiger partial charge in [-0.25, -0.2) is 4.68 Å². The topological polar surface area (TPSA) is 71.8 Å². The van der Waals surface area contributed by atoms with Crippen LogP contribution in [0.25, 0.3) is 5.69 Å². The molecule has 0 spiro atoms. The van der Waals surface area contributed by atoms with Crippen LogP contribution in [-0.4, -0.2) is 40.0 Å². The van der Waals surface area contributed by atoms with Crippen molar-refractivity contribution in [2.24, 2.45) is 0 Å². The van der Waals surface area contributed by atoms with Crippen LogP contribution < -0.4 is 10.6 Å². The molecule has 2 aromatic rings. The van der Waals surface area contributed by atoms with Crippen molar-refractivity contribution >= 4 is 5.91 Å². The van der Waals surface area contributed by atoms with Crippen LogP contribution in [0.2, 0.25) is 0 Å². The van der Waals surface area contributed by atoms with Gasteiger partial charge in [-0.05, 0) is 38.4 Å². The van der Waals surface area contributed by atoms with Gasteiger partial charge in [-0.1, -0.05) is 22.9 Å². The molecule has 1 fully saturated rings. The Hall–Kier alpha value is -2.21. The number of benzene rings is 1. The quantitative estimate of drug-likeness (QED) is 0.884. The van der Waals surface area contributed by atoms with Gasteiger partial charge in [0.1, 0.15) is 0 Å². The largest absolute Gasteiger partial charge is 0.347 e. The Morgan fingerprint density at radius 3 is 2.90 bits per heavy atom. The zero-order valence-electron chi connectivity index (χ0n) is 12.0. The summed E-state index contributed by atoms with van der Waals surface area (Å²) >= 11 is 0. The number of nitrogens with zero attached hydrogens (tertiary/aromatic N) is 3. The van der Waals surface area contributed by atoms with Crippen LogP contribution in [-0.2, 0) is 0 Å². The summed E-state index contributed by atoms with van der Waals surface area (Å²) in [6.45, 7) is 3.87. The second kappa shape index (κ2) is 6.05. The maximum atomic E-state index is 12.2. The second-order valence-electron chi connectivity index (χ2n) is 5.40. The highest BCUT2D eigenvalue weighted by molar-refractivity contribution is 5.92. The second-order valence-corrected chi connectivity index (χ2v) is 5.40. The van der Waals surface area contributed by atoms with E-state index in [2.05, 4.69) is 20.9 Å². The Balaban J connectivity index is 1.69. The van der Waals surface area contributed by atoms with E-state index in [-0.39, 0.29) is 11.9 Å². The van der Waals surface area contributed by atoms with E-state index in [9.17, 15) is 4.79 Å². The van der Waals surface area contributed by atoms with E-state index in [0.29, 0.717) is 5.69 Å². The fraction of sp³-hybridized carbons (Fsp3) is 0.400. The number of carbonyl (C=O) groups is 1. The first-order valence-corrected chi connectivity index (χ1v) is 7.23. The van der Waals surface area contributed by atoms with Crippen LogP contribution in [0.1, 0.15) is 28.9 Å². The van der Waals surface area contributed by atoms with Gasteiger partial charge in [-0.3, -0.25) is 4.79 Å². The Labute approximate surface area is 123 Å². The molecule has 1 aromatic heterocycles. The van der Waals surface area contributed by atoms with Crippen molar-refractivity contribution in [1.29, 1.82) is 0 Å². The molecule has 1 atom stereocenters. The Bertz CT molecular complexity index is 613. The highest BCUT2D eigenvalue weighted by atomic mass is 16.2. The van der Waals surface area contributed by atoms with Gasteiger partial charge in [-0.2, -0.15) is 0 Å². The minimum absolute atomic E-state index is 0.165. The van der Waals surface area contributed by atoms with Gasteiger partial charge in [0.05, 0.1) is 11.9 Å². The molecule has 1 aliphatic rings. The van der Waals surface area contributed by atoms with E-state index in [4.69, 9.17) is 0 Å². The van der Waals surface area contributed by atoms with E-state index < -0.39 is 0 Å². The summed E-state index contributed by atoms with van der Waals surface area (Å²) in [4.78, 5) is 12.2. The Morgan fingerprint density at radius 2 is 2.19 bits per heavy atom. The first-order valence-electron chi connectivity index (χ1n) is 7.23. The molecule has 2 N–H and O–H groups in total. The van der Waals surface area contributed by atoms with E-state index in [0.717, 1.165) is 31.6 Å². The lowest BCUT2D eigenvalue weighted by Gasteiger charge is -2.23. The van der Waals surface area contributed by atoms with Crippen molar-refractivity contribution in [2.45, 2.75) is 25.8 Å². The zero-order valence-corrected chi connectivity index (χ0v) is 12.0. The molecule has 0 saturated carbocycles. The van der Waals surface area contributed by atoms with Gasteiger partial charge in [0.25, 0.3) is 5.91 Å². The Morgan fingerprint density at radius 1 is 1.38 bits per heavy atom. The van der Waals surface area contributed by atoms with Crippen molar-refractivity contribution in [3.05, 3.63) is 41.7 Å². The van der Waals surface area contributed by atoms with Gasteiger partial charge in [0.15, 0.2) is 5.69 Å². The molecule has 1 amide bonds. The van der Waals surface area contributed by atoms with Crippen LogP contribution >= 0.6 is 0 Å². The first kappa shape index (κ1) is 13.8. The van der Waals surface area contributed by atoms with Crippen molar-refractivity contribution in [3.63, 3.8) is 0 Å². The summed E-state index contributed by atoms with van der Waals surface area (Å²) in [6.07, 6.45) is 3.75. The van der Waals surface area contributed by atoms with Crippen LogP contribution in [0.15, 0.2) is 30.5 Å². The van der Waals surface area contributed by atoms with Crippen molar-refractivity contribution < 1.29 is 4.79 Å². The molecular formula is C15H19N5O. The smallest absolute Gasteiger partial charge is 0.273 e. The average Bonchev–Trinajstić information content (AvgIpc) is 2.99. The van der Waals surface area contributed by atoms with Crippen molar-refractivity contribution in [2.75, 3.05) is 13.1 Å². The number of carbonyl (C=O) groups excluding carboxylic acids is 1. The van der Waals surface area contributed by atoms with Gasteiger partial charge in [0.2, 0.25) is 0 Å². The lowest BCUT2D eigenvalue weighted by Crippen LogP contribution is -2.45. The predicted octanol–water partition coefficient (Wildman–Crippen LogP) is 1.06. The molecular weight excluding hydrogens is 266 g/mol. The summed E-state index contributed by atoms with van der Waals surface area (Å²) in [6, 6.07) is 8.10. The van der Waals surface area contributed by atoms with E-state index in [1.54, 1.807) is 10.9 Å². The third kappa shape index (κ3) is 3.28. The van der Waals surface area contributed by atoms with Gasteiger partial charge in [-0.15, -0.1) is 5.10 Å². The van der Waals surface area contributed by atoms with Crippen molar-refractivity contribution in [1.82, 2.24) is 25.6 Å². The lowest BCUT2D eigenvalue weighted by atomic mass is 10.1. The minimum Gasteiger partial charge on any atom is -0.347 e. The highest BCUT2D eigenvalue weighted by Crippen LogP contribution is 2.09. The molecule has 6 nitrogen and oxygen atoms in total. The maximum Gasteiger partial charge on any atom is 0.273 e. The Kier molecular flexibility index (Phi) is 3.96. The number of hydrogen-bond donors (Lipinski definition) is 2. The minimum atomic E-state index is -0.165. The summed E-state index contributed by atoms with van der Waals surface area (Å²) in [5, 5.41) is 14.2. The molecule has 1 saturated heterocycles. The van der Waals surface area contributed by atoms with E-state index in [1.165, 1.54) is 5.56 Å². The molecule has 21 heavy (non-hydrogen) atoms. The number of piperidine rings is 1.